The summed E-state index contributed by atoms with van der Waals surface area (Å²) in [6, 6.07) is 8.61. The van der Waals surface area contributed by atoms with Gasteiger partial charge in [0.15, 0.2) is 0 Å². The second kappa shape index (κ2) is 4.94. The lowest BCUT2D eigenvalue weighted by atomic mass is 9.93. The molecule has 2 N–H and O–H groups in total. The highest BCUT2D eigenvalue weighted by molar-refractivity contribution is 7.99. The minimum Gasteiger partial charge on any atom is -0.480 e. The summed E-state index contributed by atoms with van der Waals surface area (Å²) in [4.78, 5) is 12.3. The van der Waals surface area contributed by atoms with E-state index in [1.807, 2.05) is 11.8 Å². The van der Waals surface area contributed by atoms with Crippen molar-refractivity contribution in [2.45, 2.75) is 42.2 Å². The van der Waals surface area contributed by atoms with Crippen molar-refractivity contribution in [2.24, 2.45) is 0 Å². The SMILES string of the molecule is O=C(O)C1CCC(CC2CSc3ccccc32)N1. The summed E-state index contributed by atoms with van der Waals surface area (Å²) in [6.45, 7) is 0. The minimum absolute atomic E-state index is 0.334. The number of benzene rings is 1. The van der Waals surface area contributed by atoms with Gasteiger partial charge in [0.1, 0.15) is 6.04 Å². The summed E-state index contributed by atoms with van der Waals surface area (Å²) in [5.41, 5.74) is 1.45. The van der Waals surface area contributed by atoms with Crippen LogP contribution >= 0.6 is 11.8 Å². The Morgan fingerprint density at radius 2 is 2.22 bits per heavy atom. The van der Waals surface area contributed by atoms with Gasteiger partial charge in [0, 0.05) is 16.7 Å². The van der Waals surface area contributed by atoms with E-state index in [0.29, 0.717) is 12.0 Å². The maximum absolute atomic E-state index is 10.9. The van der Waals surface area contributed by atoms with E-state index in [1.165, 1.54) is 10.5 Å². The second-order valence-corrected chi connectivity index (χ2v) is 6.18. The highest BCUT2D eigenvalue weighted by Crippen LogP contribution is 2.42. The first-order valence-electron chi connectivity index (χ1n) is 6.44. The van der Waals surface area contributed by atoms with Crippen LogP contribution in [0, 0.1) is 0 Å². The summed E-state index contributed by atoms with van der Waals surface area (Å²) >= 11 is 1.92. The van der Waals surface area contributed by atoms with E-state index in [4.69, 9.17) is 5.11 Å². The van der Waals surface area contributed by atoms with Gasteiger partial charge in [-0.25, -0.2) is 0 Å². The van der Waals surface area contributed by atoms with E-state index in [9.17, 15) is 4.79 Å². The van der Waals surface area contributed by atoms with Crippen molar-refractivity contribution in [1.29, 1.82) is 0 Å². The van der Waals surface area contributed by atoms with Crippen LogP contribution in [0.25, 0.3) is 0 Å². The Balaban J connectivity index is 1.64. The van der Waals surface area contributed by atoms with E-state index in [2.05, 4.69) is 29.6 Å². The predicted molar refractivity (Wildman–Crippen MR) is 72.1 cm³/mol. The number of thioether (sulfide) groups is 1. The van der Waals surface area contributed by atoms with Gasteiger partial charge in [0.05, 0.1) is 0 Å². The largest absolute Gasteiger partial charge is 0.480 e. The van der Waals surface area contributed by atoms with Gasteiger partial charge >= 0.3 is 5.97 Å². The van der Waals surface area contributed by atoms with E-state index in [1.54, 1.807) is 0 Å². The Bertz CT molecular complexity index is 463. The van der Waals surface area contributed by atoms with Gasteiger partial charge in [-0.2, -0.15) is 0 Å². The van der Waals surface area contributed by atoms with Gasteiger partial charge in [-0.15, -0.1) is 11.8 Å². The molecule has 1 aromatic carbocycles. The van der Waals surface area contributed by atoms with Crippen LogP contribution in [-0.4, -0.2) is 28.9 Å². The van der Waals surface area contributed by atoms with E-state index >= 15 is 0 Å². The third-order valence-corrected chi connectivity index (χ3v) is 5.16. The van der Waals surface area contributed by atoms with Crippen LogP contribution in [-0.2, 0) is 4.79 Å². The molecular weight excluding hydrogens is 246 g/mol. The lowest BCUT2D eigenvalue weighted by Crippen LogP contribution is -2.36. The van der Waals surface area contributed by atoms with Crippen molar-refractivity contribution >= 4 is 17.7 Å². The van der Waals surface area contributed by atoms with Crippen LogP contribution in [0.5, 0.6) is 0 Å². The Morgan fingerprint density at radius 3 is 3.00 bits per heavy atom. The molecular formula is C14H17NO2S. The Labute approximate surface area is 111 Å². The molecule has 1 aromatic rings. The molecule has 2 aliphatic heterocycles. The summed E-state index contributed by atoms with van der Waals surface area (Å²) < 4.78 is 0. The molecule has 0 saturated carbocycles. The first-order valence-corrected chi connectivity index (χ1v) is 7.43. The Morgan fingerprint density at radius 1 is 1.39 bits per heavy atom. The number of aliphatic carboxylic acids is 1. The van der Waals surface area contributed by atoms with Gasteiger partial charge in [-0.3, -0.25) is 4.79 Å². The number of hydrogen-bond acceptors (Lipinski definition) is 3. The highest BCUT2D eigenvalue weighted by atomic mass is 32.2. The number of hydrogen-bond donors (Lipinski definition) is 2. The van der Waals surface area contributed by atoms with Gasteiger partial charge in [0.25, 0.3) is 0 Å². The number of carbonyl (C=O) groups is 1. The zero-order valence-electron chi connectivity index (χ0n) is 10.1. The number of carboxylic acid groups (broad SMARTS) is 1. The summed E-state index contributed by atoms with van der Waals surface area (Å²) in [5.74, 6) is 1.00. The van der Waals surface area contributed by atoms with E-state index in [-0.39, 0.29) is 6.04 Å². The molecule has 3 atom stereocenters. The van der Waals surface area contributed by atoms with Crippen molar-refractivity contribution in [3.05, 3.63) is 29.8 Å². The quantitative estimate of drug-likeness (QED) is 0.879. The molecule has 2 heterocycles. The van der Waals surface area contributed by atoms with Crippen LogP contribution in [0.4, 0.5) is 0 Å². The predicted octanol–water partition coefficient (Wildman–Crippen LogP) is 2.47. The molecule has 96 valence electrons. The van der Waals surface area contributed by atoms with Gasteiger partial charge in [0.2, 0.25) is 0 Å². The first kappa shape index (κ1) is 12.1. The summed E-state index contributed by atoms with van der Waals surface area (Å²) in [5, 5.41) is 12.2. The average Bonchev–Trinajstić information content (AvgIpc) is 2.98. The molecule has 0 aliphatic carbocycles. The molecule has 0 radical (unpaired) electrons. The molecule has 18 heavy (non-hydrogen) atoms. The zero-order chi connectivity index (χ0) is 12.5. The molecule has 3 rings (SSSR count). The second-order valence-electron chi connectivity index (χ2n) is 5.11. The standard InChI is InChI=1S/C14H17NO2S/c16-14(17)12-6-5-10(15-12)7-9-8-18-13-4-2-1-3-11(9)13/h1-4,9-10,12,15H,5-8H2,(H,16,17). The smallest absolute Gasteiger partial charge is 0.320 e. The fourth-order valence-corrected chi connectivity index (χ4v) is 4.24. The fourth-order valence-electron chi connectivity index (χ4n) is 2.97. The molecule has 0 spiro atoms. The Kier molecular flexibility index (Phi) is 3.31. The van der Waals surface area contributed by atoms with Gasteiger partial charge < -0.3 is 10.4 Å². The van der Waals surface area contributed by atoms with Crippen molar-refractivity contribution in [2.75, 3.05) is 5.75 Å². The molecule has 2 aliphatic rings. The van der Waals surface area contributed by atoms with Crippen molar-refractivity contribution < 1.29 is 9.90 Å². The maximum Gasteiger partial charge on any atom is 0.320 e. The van der Waals surface area contributed by atoms with Crippen molar-refractivity contribution in [1.82, 2.24) is 5.32 Å². The van der Waals surface area contributed by atoms with Crippen LogP contribution in [0.1, 0.15) is 30.7 Å². The molecule has 0 aromatic heterocycles. The molecule has 3 unspecified atom stereocenters. The van der Waals surface area contributed by atoms with Crippen molar-refractivity contribution in [3.8, 4) is 0 Å². The molecule has 1 fully saturated rings. The fraction of sp³-hybridized carbons (Fsp3) is 0.500. The third-order valence-electron chi connectivity index (χ3n) is 3.91. The van der Waals surface area contributed by atoms with Crippen molar-refractivity contribution in [3.63, 3.8) is 0 Å². The van der Waals surface area contributed by atoms with Crippen LogP contribution in [0.3, 0.4) is 0 Å². The molecule has 1 saturated heterocycles. The third kappa shape index (κ3) is 2.27. The van der Waals surface area contributed by atoms with E-state index < -0.39 is 5.97 Å². The van der Waals surface area contributed by atoms with E-state index in [0.717, 1.165) is 25.0 Å². The molecule has 0 amide bonds. The average molecular weight is 263 g/mol. The molecule has 4 heteroatoms. The zero-order valence-corrected chi connectivity index (χ0v) is 11.0. The van der Waals surface area contributed by atoms with Gasteiger partial charge in [-0.1, -0.05) is 18.2 Å². The number of nitrogens with one attached hydrogen (secondary N) is 1. The van der Waals surface area contributed by atoms with Crippen LogP contribution < -0.4 is 5.32 Å². The number of fused-ring (bicyclic) bond motifs is 1. The first-order chi connectivity index (χ1) is 8.74. The lowest BCUT2D eigenvalue weighted by molar-refractivity contribution is -0.139. The molecule has 3 nitrogen and oxygen atoms in total. The lowest BCUT2D eigenvalue weighted by Gasteiger charge is -2.17. The number of rotatable bonds is 3. The monoisotopic (exact) mass is 263 g/mol. The van der Waals surface area contributed by atoms with Crippen LogP contribution in [0.15, 0.2) is 29.2 Å². The maximum atomic E-state index is 10.9. The molecule has 0 bridgehead atoms. The Hall–Kier alpha value is -1.00. The summed E-state index contributed by atoms with van der Waals surface area (Å²) in [6.07, 6.45) is 2.82. The highest BCUT2D eigenvalue weighted by Gasteiger charge is 2.32. The summed E-state index contributed by atoms with van der Waals surface area (Å²) in [7, 11) is 0. The minimum atomic E-state index is -0.710. The van der Waals surface area contributed by atoms with Crippen LogP contribution in [0.2, 0.25) is 0 Å². The normalized spacial score (nSPS) is 30.3. The number of carboxylic acids is 1. The topological polar surface area (TPSA) is 49.3 Å². The van der Waals surface area contributed by atoms with Gasteiger partial charge in [-0.05, 0) is 36.8 Å².